The van der Waals surface area contributed by atoms with Gasteiger partial charge in [0, 0.05) is 24.1 Å². The Morgan fingerprint density at radius 3 is 2.92 bits per heavy atom. The summed E-state index contributed by atoms with van der Waals surface area (Å²) < 4.78 is 7.77. The van der Waals surface area contributed by atoms with Gasteiger partial charge < -0.3 is 20.2 Å². The summed E-state index contributed by atoms with van der Waals surface area (Å²) >= 11 is 0. The van der Waals surface area contributed by atoms with Gasteiger partial charge in [0.2, 0.25) is 5.91 Å². The van der Waals surface area contributed by atoms with Gasteiger partial charge in [-0.2, -0.15) is 0 Å². The van der Waals surface area contributed by atoms with Crippen molar-refractivity contribution in [3.63, 3.8) is 0 Å². The highest BCUT2D eigenvalue weighted by molar-refractivity contribution is 5.97. The summed E-state index contributed by atoms with van der Waals surface area (Å²) in [4.78, 5) is 16.8. The Labute approximate surface area is 153 Å². The first kappa shape index (κ1) is 17.9. The second-order valence-electron chi connectivity index (χ2n) is 6.64. The minimum Gasteiger partial charge on any atom is -0.487 e. The van der Waals surface area contributed by atoms with Crippen molar-refractivity contribution in [2.75, 3.05) is 5.32 Å². The van der Waals surface area contributed by atoms with Crippen LogP contribution in [0.3, 0.4) is 0 Å². The molecule has 0 saturated carbocycles. The van der Waals surface area contributed by atoms with Crippen molar-refractivity contribution in [1.82, 2.24) is 9.38 Å². The van der Waals surface area contributed by atoms with Crippen LogP contribution in [0.4, 0.5) is 5.69 Å². The molecule has 1 atom stereocenters. The number of benzene rings is 1. The van der Waals surface area contributed by atoms with Gasteiger partial charge in [0.1, 0.15) is 18.0 Å². The summed E-state index contributed by atoms with van der Waals surface area (Å²) in [6.07, 6.45) is 5.36. The van der Waals surface area contributed by atoms with E-state index in [0.29, 0.717) is 24.5 Å². The number of aromatic nitrogens is 2. The summed E-state index contributed by atoms with van der Waals surface area (Å²) in [5, 5.41) is 2.86. The first-order valence-electron chi connectivity index (χ1n) is 8.74. The third-order valence-electron chi connectivity index (χ3n) is 4.18. The average molecular weight is 352 g/mol. The second-order valence-corrected chi connectivity index (χ2v) is 6.64. The number of amides is 1. The molecule has 1 amide bonds. The highest BCUT2D eigenvalue weighted by atomic mass is 16.5. The van der Waals surface area contributed by atoms with Gasteiger partial charge in [-0.05, 0) is 37.6 Å². The maximum absolute atomic E-state index is 12.3. The summed E-state index contributed by atoms with van der Waals surface area (Å²) in [5.74, 6) is 0.464. The van der Waals surface area contributed by atoms with Gasteiger partial charge in [0.05, 0.1) is 11.2 Å². The van der Waals surface area contributed by atoms with Gasteiger partial charge in [-0.25, -0.2) is 4.98 Å². The van der Waals surface area contributed by atoms with Crippen LogP contribution in [-0.4, -0.2) is 20.8 Å². The van der Waals surface area contributed by atoms with Crippen molar-refractivity contribution in [2.24, 2.45) is 5.73 Å². The number of nitrogens with one attached hydrogen (secondary N) is 1. The number of imidazole rings is 1. The fourth-order valence-corrected chi connectivity index (χ4v) is 2.78. The van der Waals surface area contributed by atoms with Crippen LogP contribution in [0.2, 0.25) is 0 Å². The second kappa shape index (κ2) is 7.58. The Bertz CT molecular complexity index is 868. The quantitative estimate of drug-likeness (QED) is 0.683. The summed E-state index contributed by atoms with van der Waals surface area (Å²) in [5.41, 5.74) is 7.57. The van der Waals surface area contributed by atoms with Crippen LogP contribution in [0, 0.1) is 0 Å². The molecule has 3 N–H and O–H groups in total. The van der Waals surface area contributed by atoms with Crippen molar-refractivity contribution < 1.29 is 9.53 Å². The van der Waals surface area contributed by atoms with Crippen LogP contribution in [0.15, 0.2) is 54.9 Å². The number of anilines is 1. The van der Waals surface area contributed by atoms with Crippen LogP contribution in [0.25, 0.3) is 5.65 Å². The molecule has 3 aromatic rings. The largest absolute Gasteiger partial charge is 0.487 e. The molecule has 0 bridgehead atoms. The monoisotopic (exact) mass is 352 g/mol. The zero-order valence-corrected chi connectivity index (χ0v) is 15.1. The molecule has 3 rings (SSSR count). The molecule has 2 aromatic heterocycles. The Hall–Kier alpha value is -2.86. The fourth-order valence-electron chi connectivity index (χ4n) is 2.78. The van der Waals surface area contributed by atoms with Crippen molar-refractivity contribution in [3.8, 4) is 5.75 Å². The molecule has 136 valence electrons. The maximum atomic E-state index is 12.3. The molecule has 6 nitrogen and oxygen atoms in total. The number of carbonyl (C=O) groups is 1. The Morgan fingerprint density at radius 2 is 2.15 bits per heavy atom. The first-order chi connectivity index (χ1) is 12.5. The van der Waals surface area contributed by atoms with E-state index in [-0.39, 0.29) is 5.91 Å². The topological polar surface area (TPSA) is 81.7 Å². The van der Waals surface area contributed by atoms with Crippen LogP contribution in [0.5, 0.6) is 5.75 Å². The molecule has 0 aliphatic carbocycles. The number of pyridine rings is 1. The van der Waals surface area contributed by atoms with Gasteiger partial charge in [-0.1, -0.05) is 25.5 Å². The number of nitrogens with two attached hydrogens (primary N) is 1. The molecule has 1 unspecified atom stereocenters. The number of carbonyl (C=O) groups excluding carboxylic acids is 1. The highest BCUT2D eigenvalue weighted by Crippen LogP contribution is 2.20. The fraction of sp³-hybridized carbons (Fsp3) is 0.300. The molecule has 0 fully saturated rings. The van der Waals surface area contributed by atoms with E-state index < -0.39 is 5.54 Å². The lowest BCUT2D eigenvalue weighted by Gasteiger charge is -2.23. The molecule has 0 aliphatic rings. The van der Waals surface area contributed by atoms with Gasteiger partial charge in [0.25, 0.3) is 0 Å². The maximum Gasteiger partial charge on any atom is 0.244 e. The van der Waals surface area contributed by atoms with Gasteiger partial charge in [0.15, 0.2) is 0 Å². The summed E-state index contributed by atoms with van der Waals surface area (Å²) in [6, 6.07) is 13.1. The molecular weight excluding hydrogens is 328 g/mol. The minimum absolute atomic E-state index is 0.197. The van der Waals surface area contributed by atoms with Crippen LogP contribution in [-0.2, 0) is 11.4 Å². The van der Waals surface area contributed by atoms with E-state index >= 15 is 0 Å². The molecule has 0 radical (unpaired) electrons. The van der Waals surface area contributed by atoms with Crippen molar-refractivity contribution in [3.05, 3.63) is 60.6 Å². The molecule has 0 saturated heterocycles. The molecule has 2 heterocycles. The number of hydrogen-bond donors (Lipinski definition) is 2. The predicted octanol–water partition coefficient (Wildman–Crippen LogP) is 3.37. The van der Waals surface area contributed by atoms with E-state index in [1.165, 1.54) is 0 Å². The molecule has 6 heteroatoms. The lowest BCUT2D eigenvalue weighted by molar-refractivity contribution is -0.120. The number of fused-ring (bicyclic) bond motifs is 1. The number of hydrogen-bond acceptors (Lipinski definition) is 4. The molecule has 1 aromatic carbocycles. The Balaban J connectivity index is 1.64. The van der Waals surface area contributed by atoms with E-state index in [4.69, 9.17) is 10.5 Å². The Morgan fingerprint density at radius 1 is 1.31 bits per heavy atom. The van der Waals surface area contributed by atoms with E-state index in [1.807, 2.05) is 60.1 Å². The summed E-state index contributed by atoms with van der Waals surface area (Å²) in [7, 11) is 0. The van der Waals surface area contributed by atoms with Crippen LogP contribution < -0.4 is 15.8 Å². The zero-order chi connectivity index (χ0) is 18.6. The molecule has 0 aliphatic heterocycles. The number of nitrogens with zero attached hydrogens (tertiary/aromatic N) is 2. The van der Waals surface area contributed by atoms with E-state index in [0.717, 1.165) is 17.8 Å². The SMILES string of the molecule is CCCC(C)(N)C(=O)Nc1cccc(OCc2cn3ccccc3n2)c1. The van der Waals surface area contributed by atoms with E-state index in [2.05, 4.69) is 10.3 Å². The molecule has 26 heavy (non-hydrogen) atoms. The average Bonchev–Trinajstić information content (AvgIpc) is 3.03. The van der Waals surface area contributed by atoms with Crippen LogP contribution >= 0.6 is 0 Å². The molecular formula is C20H24N4O2. The first-order valence-corrected chi connectivity index (χ1v) is 8.74. The van der Waals surface area contributed by atoms with Gasteiger partial charge >= 0.3 is 0 Å². The lowest BCUT2D eigenvalue weighted by atomic mass is 9.96. The van der Waals surface area contributed by atoms with Crippen molar-refractivity contribution >= 4 is 17.2 Å². The van der Waals surface area contributed by atoms with E-state index in [1.54, 1.807) is 13.0 Å². The highest BCUT2D eigenvalue weighted by Gasteiger charge is 2.27. The summed E-state index contributed by atoms with van der Waals surface area (Å²) in [6.45, 7) is 4.10. The zero-order valence-electron chi connectivity index (χ0n) is 15.1. The number of rotatable bonds is 7. The van der Waals surface area contributed by atoms with Crippen molar-refractivity contribution in [2.45, 2.75) is 38.8 Å². The van der Waals surface area contributed by atoms with E-state index in [9.17, 15) is 4.79 Å². The predicted molar refractivity (Wildman–Crippen MR) is 102 cm³/mol. The third kappa shape index (κ3) is 4.21. The smallest absolute Gasteiger partial charge is 0.244 e. The molecule has 0 spiro atoms. The normalized spacial score (nSPS) is 13.3. The van der Waals surface area contributed by atoms with Gasteiger partial charge in [-0.3, -0.25) is 4.79 Å². The minimum atomic E-state index is -0.887. The Kier molecular flexibility index (Phi) is 5.23. The standard InChI is InChI=1S/C20H24N4O2/c1-3-10-20(2,21)19(25)23-15-7-6-8-17(12-15)26-14-16-13-24-11-5-4-9-18(24)22-16/h4-9,11-13H,3,10,14,21H2,1-2H3,(H,23,25). The van der Waals surface area contributed by atoms with Gasteiger partial charge in [-0.15, -0.1) is 0 Å². The number of ether oxygens (including phenoxy) is 1. The third-order valence-corrected chi connectivity index (χ3v) is 4.18. The lowest BCUT2D eigenvalue weighted by Crippen LogP contribution is -2.48. The van der Waals surface area contributed by atoms with Crippen molar-refractivity contribution in [1.29, 1.82) is 0 Å². The van der Waals surface area contributed by atoms with Crippen LogP contribution in [0.1, 0.15) is 32.4 Å².